The van der Waals surface area contributed by atoms with E-state index in [1.54, 1.807) is 0 Å². The molecule has 0 aliphatic carbocycles. The summed E-state index contributed by atoms with van der Waals surface area (Å²) in [5, 5.41) is 15.6. The van der Waals surface area contributed by atoms with E-state index >= 15 is 0 Å². The van der Waals surface area contributed by atoms with E-state index in [0.29, 0.717) is 13.1 Å². The van der Waals surface area contributed by atoms with Gasteiger partial charge < -0.3 is 20.5 Å². The molecule has 1 heterocycles. The van der Waals surface area contributed by atoms with Crippen molar-refractivity contribution in [1.29, 1.82) is 0 Å². The van der Waals surface area contributed by atoms with Gasteiger partial charge in [0.2, 0.25) is 0 Å². The van der Waals surface area contributed by atoms with Crippen LogP contribution in [0.15, 0.2) is 30.3 Å². The van der Waals surface area contributed by atoms with Crippen molar-refractivity contribution in [2.75, 3.05) is 26.7 Å². The van der Waals surface area contributed by atoms with Crippen molar-refractivity contribution in [3.63, 3.8) is 0 Å². The Hall–Kier alpha value is -1.43. The highest BCUT2D eigenvalue weighted by atomic mass is 16.5. The molecule has 5 nitrogen and oxygen atoms in total. The number of β-amino-alcohol motifs (C(OH)–C–C–N with tert-alkyl or cyclic N) is 1. The Morgan fingerprint density at radius 3 is 2.79 bits per heavy atom. The van der Waals surface area contributed by atoms with Crippen LogP contribution in [-0.2, 0) is 9.53 Å². The molecule has 3 unspecified atom stereocenters. The molecule has 2 rings (SSSR count). The summed E-state index contributed by atoms with van der Waals surface area (Å²) < 4.78 is 5.25. The average molecular weight is 264 g/mol. The minimum atomic E-state index is -0.604. The summed E-state index contributed by atoms with van der Waals surface area (Å²) >= 11 is 0. The van der Waals surface area contributed by atoms with Crippen LogP contribution in [0.4, 0.5) is 0 Å². The van der Waals surface area contributed by atoms with E-state index in [-0.39, 0.29) is 11.8 Å². The fraction of sp³-hybridized carbons (Fsp3) is 0.500. The van der Waals surface area contributed by atoms with Gasteiger partial charge in [-0.2, -0.15) is 0 Å². The Morgan fingerprint density at radius 2 is 2.21 bits per heavy atom. The molecular weight excluding hydrogens is 244 g/mol. The molecule has 104 valence electrons. The zero-order valence-corrected chi connectivity index (χ0v) is 11.0. The van der Waals surface area contributed by atoms with E-state index in [0.717, 1.165) is 12.1 Å². The van der Waals surface area contributed by atoms with Crippen LogP contribution in [0.2, 0.25) is 0 Å². The van der Waals surface area contributed by atoms with Gasteiger partial charge in [-0.1, -0.05) is 30.3 Å². The van der Waals surface area contributed by atoms with Gasteiger partial charge in [0.05, 0.1) is 6.10 Å². The number of amides is 1. The van der Waals surface area contributed by atoms with Gasteiger partial charge in [0, 0.05) is 32.7 Å². The SMILES string of the molecule is COC(C(=O)NCC1CNCC1O)c1ccccc1. The zero-order chi connectivity index (χ0) is 13.7. The topological polar surface area (TPSA) is 70.6 Å². The standard InChI is InChI=1S/C14H20N2O3/c1-19-13(10-5-3-2-4-6-10)14(18)16-8-11-7-15-9-12(11)17/h2-6,11-13,15,17H,7-9H2,1H3,(H,16,18). The second kappa shape index (κ2) is 6.65. The fourth-order valence-electron chi connectivity index (χ4n) is 2.27. The lowest BCUT2D eigenvalue weighted by Crippen LogP contribution is -2.37. The van der Waals surface area contributed by atoms with Crippen molar-refractivity contribution in [3.8, 4) is 0 Å². The third-order valence-electron chi connectivity index (χ3n) is 3.42. The van der Waals surface area contributed by atoms with Gasteiger partial charge >= 0.3 is 0 Å². The van der Waals surface area contributed by atoms with Crippen molar-refractivity contribution in [3.05, 3.63) is 35.9 Å². The summed E-state index contributed by atoms with van der Waals surface area (Å²) in [5.41, 5.74) is 0.826. The molecule has 0 spiro atoms. The van der Waals surface area contributed by atoms with E-state index in [1.165, 1.54) is 7.11 Å². The second-order valence-electron chi connectivity index (χ2n) is 4.76. The lowest BCUT2D eigenvalue weighted by molar-refractivity contribution is -0.131. The van der Waals surface area contributed by atoms with Gasteiger partial charge in [-0.15, -0.1) is 0 Å². The number of carbonyl (C=O) groups is 1. The highest BCUT2D eigenvalue weighted by Gasteiger charge is 2.27. The van der Waals surface area contributed by atoms with Crippen LogP contribution >= 0.6 is 0 Å². The van der Waals surface area contributed by atoms with Crippen LogP contribution in [0.5, 0.6) is 0 Å². The summed E-state index contributed by atoms with van der Waals surface area (Å²) in [6, 6.07) is 9.37. The molecule has 19 heavy (non-hydrogen) atoms. The van der Waals surface area contributed by atoms with Gasteiger partial charge in [-0.3, -0.25) is 4.79 Å². The van der Waals surface area contributed by atoms with Crippen LogP contribution < -0.4 is 10.6 Å². The van der Waals surface area contributed by atoms with Gasteiger partial charge in [0.15, 0.2) is 6.10 Å². The lowest BCUT2D eigenvalue weighted by Gasteiger charge is -2.18. The van der Waals surface area contributed by atoms with E-state index in [4.69, 9.17) is 4.74 Å². The first-order valence-electron chi connectivity index (χ1n) is 6.46. The van der Waals surface area contributed by atoms with E-state index in [2.05, 4.69) is 10.6 Å². The number of aliphatic hydroxyl groups is 1. The molecule has 0 bridgehead atoms. The predicted octanol–water partition coefficient (Wildman–Crippen LogP) is 0.0706. The van der Waals surface area contributed by atoms with Gasteiger partial charge in [0.25, 0.3) is 5.91 Å². The number of hydrogen-bond acceptors (Lipinski definition) is 4. The quantitative estimate of drug-likeness (QED) is 0.704. The summed E-state index contributed by atoms with van der Waals surface area (Å²) in [6.45, 7) is 1.77. The third-order valence-corrected chi connectivity index (χ3v) is 3.42. The van der Waals surface area contributed by atoms with E-state index in [9.17, 15) is 9.90 Å². The first-order valence-corrected chi connectivity index (χ1v) is 6.46. The number of carbonyl (C=O) groups excluding carboxylic acids is 1. The number of rotatable bonds is 5. The average Bonchev–Trinajstić information content (AvgIpc) is 2.84. The summed E-state index contributed by atoms with van der Waals surface area (Å²) in [7, 11) is 1.52. The maximum Gasteiger partial charge on any atom is 0.253 e. The molecule has 3 atom stereocenters. The van der Waals surface area contributed by atoms with Crippen molar-refractivity contribution in [2.24, 2.45) is 5.92 Å². The maximum atomic E-state index is 12.1. The molecule has 0 aromatic heterocycles. The van der Waals surface area contributed by atoms with E-state index < -0.39 is 12.2 Å². The number of nitrogens with one attached hydrogen (secondary N) is 2. The molecule has 5 heteroatoms. The predicted molar refractivity (Wildman–Crippen MR) is 71.6 cm³/mol. The number of benzene rings is 1. The van der Waals surface area contributed by atoms with Crippen LogP contribution in [0.25, 0.3) is 0 Å². The summed E-state index contributed by atoms with van der Waals surface area (Å²) in [5.74, 6) is -0.106. The fourth-order valence-corrected chi connectivity index (χ4v) is 2.27. The highest BCUT2D eigenvalue weighted by Crippen LogP contribution is 2.16. The zero-order valence-electron chi connectivity index (χ0n) is 11.0. The minimum absolute atomic E-state index is 0.0669. The molecule has 1 aliphatic heterocycles. The molecule has 1 fully saturated rings. The minimum Gasteiger partial charge on any atom is -0.391 e. The first kappa shape index (κ1) is 14.0. The van der Waals surface area contributed by atoms with Gasteiger partial charge in [-0.25, -0.2) is 0 Å². The molecule has 1 aliphatic rings. The lowest BCUT2D eigenvalue weighted by atomic mass is 10.1. The maximum absolute atomic E-state index is 12.1. The molecule has 1 amide bonds. The van der Waals surface area contributed by atoms with E-state index in [1.807, 2.05) is 30.3 Å². The Morgan fingerprint density at radius 1 is 1.47 bits per heavy atom. The molecule has 0 saturated carbocycles. The monoisotopic (exact) mass is 264 g/mol. The smallest absolute Gasteiger partial charge is 0.253 e. The van der Waals surface area contributed by atoms with Crippen LogP contribution in [0, 0.1) is 5.92 Å². The Balaban J connectivity index is 1.90. The van der Waals surface area contributed by atoms with Gasteiger partial charge in [-0.05, 0) is 5.56 Å². The normalized spacial score (nSPS) is 24.1. The number of ether oxygens (including phenoxy) is 1. The van der Waals surface area contributed by atoms with Crippen molar-refractivity contribution in [1.82, 2.24) is 10.6 Å². The Labute approximate surface area is 113 Å². The molecule has 0 radical (unpaired) electrons. The van der Waals surface area contributed by atoms with Gasteiger partial charge in [0.1, 0.15) is 0 Å². The number of hydrogen-bond donors (Lipinski definition) is 3. The molecular formula is C14H20N2O3. The Kier molecular flexibility index (Phi) is 4.90. The summed E-state index contributed by atoms with van der Waals surface area (Å²) in [4.78, 5) is 12.1. The third kappa shape index (κ3) is 3.53. The molecule has 1 aromatic carbocycles. The molecule has 3 N–H and O–H groups in total. The van der Waals surface area contributed by atoms with Crippen LogP contribution in [0.1, 0.15) is 11.7 Å². The van der Waals surface area contributed by atoms with Crippen LogP contribution in [-0.4, -0.2) is 43.9 Å². The van der Waals surface area contributed by atoms with Crippen molar-refractivity contribution >= 4 is 5.91 Å². The first-order chi connectivity index (χ1) is 9.22. The molecule has 1 aromatic rings. The molecule has 1 saturated heterocycles. The highest BCUT2D eigenvalue weighted by molar-refractivity contribution is 5.82. The second-order valence-corrected chi connectivity index (χ2v) is 4.76. The largest absolute Gasteiger partial charge is 0.391 e. The number of aliphatic hydroxyl groups excluding tert-OH is 1. The van der Waals surface area contributed by atoms with Crippen LogP contribution in [0.3, 0.4) is 0 Å². The summed E-state index contributed by atoms with van der Waals surface area (Å²) in [6.07, 6.45) is -0.995. The number of methoxy groups -OCH3 is 1. The van der Waals surface area contributed by atoms with Crippen molar-refractivity contribution in [2.45, 2.75) is 12.2 Å². The Bertz CT molecular complexity index is 410. The van der Waals surface area contributed by atoms with Crippen molar-refractivity contribution < 1.29 is 14.6 Å².